The number of amides is 1. The quantitative estimate of drug-likeness (QED) is 0.834. The molecule has 0 radical (unpaired) electrons. The molecule has 4 nitrogen and oxygen atoms in total. The lowest BCUT2D eigenvalue weighted by Gasteiger charge is -2.14. The maximum absolute atomic E-state index is 13.3. The van der Waals surface area contributed by atoms with Crippen molar-refractivity contribution in [1.29, 1.82) is 0 Å². The second-order valence-corrected chi connectivity index (χ2v) is 9.48. The number of carbonyl (C=O) groups excluding carboxylic acids is 1. The highest BCUT2D eigenvalue weighted by Crippen LogP contribution is 2.43. The van der Waals surface area contributed by atoms with Crippen LogP contribution in [0.1, 0.15) is 48.6 Å². The van der Waals surface area contributed by atoms with Crippen molar-refractivity contribution < 1.29 is 13.2 Å². The standard InChI is InChI=1S/C19H23NO3S2/c1-3-6-17(21)20-19-18(15-7-4-5-8-16(15)24-19)25(22,23)14-11-9-13(2)10-12-14/h9-12H,3-8H2,1-2H3,(H,20,21). The van der Waals surface area contributed by atoms with Crippen LogP contribution in [0, 0.1) is 6.92 Å². The van der Waals surface area contributed by atoms with E-state index in [4.69, 9.17) is 0 Å². The zero-order valence-corrected chi connectivity index (χ0v) is 16.2. The second kappa shape index (κ2) is 7.30. The molecular formula is C19H23NO3S2. The van der Waals surface area contributed by atoms with Crippen molar-refractivity contribution in [3.05, 3.63) is 40.3 Å². The normalized spacial score (nSPS) is 14.2. The summed E-state index contributed by atoms with van der Waals surface area (Å²) in [7, 11) is -3.65. The molecule has 134 valence electrons. The Labute approximate surface area is 153 Å². The third kappa shape index (κ3) is 3.65. The Hall–Kier alpha value is -1.66. The van der Waals surface area contributed by atoms with Gasteiger partial charge in [0.05, 0.1) is 4.90 Å². The van der Waals surface area contributed by atoms with Crippen LogP contribution in [0.3, 0.4) is 0 Å². The molecule has 1 heterocycles. The first-order chi connectivity index (χ1) is 11.9. The van der Waals surface area contributed by atoms with Gasteiger partial charge < -0.3 is 5.32 Å². The van der Waals surface area contributed by atoms with Gasteiger partial charge in [0.1, 0.15) is 9.90 Å². The Morgan fingerprint density at radius 3 is 2.52 bits per heavy atom. The van der Waals surface area contributed by atoms with Crippen LogP contribution in [0.4, 0.5) is 5.00 Å². The predicted octanol–water partition coefficient (Wildman–Crippen LogP) is 4.51. The molecule has 25 heavy (non-hydrogen) atoms. The van der Waals surface area contributed by atoms with Crippen LogP contribution in [0.2, 0.25) is 0 Å². The third-order valence-corrected chi connectivity index (χ3v) is 7.67. The number of sulfone groups is 1. The second-order valence-electron chi connectivity index (χ2n) is 6.48. The molecule has 1 amide bonds. The fourth-order valence-corrected chi connectivity index (χ4v) is 6.45. The summed E-state index contributed by atoms with van der Waals surface area (Å²) in [4.78, 5) is 13.8. The number of anilines is 1. The van der Waals surface area contributed by atoms with Gasteiger partial charge in [-0.15, -0.1) is 11.3 Å². The lowest BCUT2D eigenvalue weighted by atomic mass is 9.99. The molecule has 0 aliphatic heterocycles. The minimum absolute atomic E-state index is 0.124. The maximum atomic E-state index is 13.3. The van der Waals surface area contributed by atoms with E-state index in [1.165, 1.54) is 11.3 Å². The van der Waals surface area contributed by atoms with Crippen LogP contribution >= 0.6 is 11.3 Å². The summed E-state index contributed by atoms with van der Waals surface area (Å²) in [5, 5.41) is 3.35. The van der Waals surface area contributed by atoms with E-state index in [0.717, 1.165) is 48.1 Å². The summed E-state index contributed by atoms with van der Waals surface area (Å²) in [6.07, 6.45) is 4.84. The van der Waals surface area contributed by atoms with Crippen molar-refractivity contribution in [2.24, 2.45) is 0 Å². The number of benzene rings is 1. The Morgan fingerprint density at radius 1 is 1.16 bits per heavy atom. The number of carbonyl (C=O) groups is 1. The lowest BCUT2D eigenvalue weighted by molar-refractivity contribution is -0.116. The topological polar surface area (TPSA) is 63.2 Å². The van der Waals surface area contributed by atoms with E-state index >= 15 is 0 Å². The number of fused-ring (bicyclic) bond motifs is 1. The molecule has 2 aromatic rings. The van der Waals surface area contributed by atoms with Crippen LogP contribution in [0.15, 0.2) is 34.1 Å². The van der Waals surface area contributed by atoms with Crippen LogP contribution in [-0.2, 0) is 27.5 Å². The van der Waals surface area contributed by atoms with Gasteiger partial charge in [0.25, 0.3) is 0 Å². The highest BCUT2D eigenvalue weighted by molar-refractivity contribution is 7.92. The maximum Gasteiger partial charge on any atom is 0.224 e. The van der Waals surface area contributed by atoms with Crippen molar-refractivity contribution in [1.82, 2.24) is 0 Å². The van der Waals surface area contributed by atoms with Gasteiger partial charge in [-0.25, -0.2) is 8.42 Å². The van der Waals surface area contributed by atoms with E-state index in [1.807, 2.05) is 13.8 Å². The number of hydrogen-bond donors (Lipinski definition) is 1. The summed E-state index contributed by atoms with van der Waals surface area (Å²) in [5.41, 5.74) is 1.92. The first-order valence-corrected chi connectivity index (χ1v) is 11.0. The molecule has 6 heteroatoms. The number of hydrogen-bond acceptors (Lipinski definition) is 4. The van der Waals surface area contributed by atoms with E-state index in [9.17, 15) is 13.2 Å². The molecule has 1 aromatic carbocycles. The van der Waals surface area contributed by atoms with Gasteiger partial charge in [0.15, 0.2) is 0 Å². The van der Waals surface area contributed by atoms with Crippen LogP contribution < -0.4 is 5.32 Å². The zero-order valence-electron chi connectivity index (χ0n) is 14.6. The molecular weight excluding hydrogens is 354 g/mol. The molecule has 0 saturated heterocycles. The van der Waals surface area contributed by atoms with E-state index in [2.05, 4.69) is 5.32 Å². The predicted molar refractivity (Wildman–Crippen MR) is 101 cm³/mol. The highest BCUT2D eigenvalue weighted by atomic mass is 32.2. The van der Waals surface area contributed by atoms with Gasteiger partial charge in [-0.1, -0.05) is 24.6 Å². The average Bonchev–Trinajstić information content (AvgIpc) is 2.93. The van der Waals surface area contributed by atoms with E-state index < -0.39 is 9.84 Å². The van der Waals surface area contributed by atoms with Gasteiger partial charge >= 0.3 is 0 Å². The van der Waals surface area contributed by atoms with E-state index in [-0.39, 0.29) is 10.8 Å². The van der Waals surface area contributed by atoms with Crippen molar-refractivity contribution >= 4 is 32.1 Å². The molecule has 0 unspecified atom stereocenters. The smallest absolute Gasteiger partial charge is 0.224 e. The number of nitrogens with one attached hydrogen (secondary N) is 1. The first-order valence-electron chi connectivity index (χ1n) is 8.69. The Morgan fingerprint density at radius 2 is 1.84 bits per heavy atom. The summed E-state index contributed by atoms with van der Waals surface area (Å²) in [5.74, 6) is -0.124. The Bertz CT molecular complexity index is 880. The number of rotatable bonds is 5. The zero-order chi connectivity index (χ0) is 18.0. The Kier molecular flexibility index (Phi) is 5.29. The van der Waals surface area contributed by atoms with E-state index in [0.29, 0.717) is 16.3 Å². The van der Waals surface area contributed by atoms with Crippen molar-refractivity contribution in [3.63, 3.8) is 0 Å². The molecule has 0 fully saturated rings. The summed E-state index contributed by atoms with van der Waals surface area (Å²) >= 11 is 1.43. The summed E-state index contributed by atoms with van der Waals surface area (Å²) in [6, 6.07) is 6.91. The fourth-order valence-electron chi connectivity index (χ4n) is 3.15. The molecule has 0 spiro atoms. The summed E-state index contributed by atoms with van der Waals surface area (Å²) < 4.78 is 26.6. The molecule has 3 rings (SSSR count). The molecule has 1 aromatic heterocycles. The minimum atomic E-state index is -3.65. The van der Waals surface area contributed by atoms with Crippen molar-refractivity contribution in [2.75, 3.05) is 5.32 Å². The monoisotopic (exact) mass is 377 g/mol. The number of aryl methyl sites for hydroxylation is 2. The molecule has 1 aliphatic carbocycles. The van der Waals surface area contributed by atoms with Crippen LogP contribution in [-0.4, -0.2) is 14.3 Å². The molecule has 1 aliphatic rings. The van der Waals surface area contributed by atoms with Crippen LogP contribution in [0.5, 0.6) is 0 Å². The summed E-state index contributed by atoms with van der Waals surface area (Å²) in [6.45, 7) is 3.86. The van der Waals surface area contributed by atoms with Gasteiger partial charge in [-0.2, -0.15) is 0 Å². The van der Waals surface area contributed by atoms with Crippen LogP contribution in [0.25, 0.3) is 0 Å². The first kappa shape index (κ1) is 18.1. The van der Waals surface area contributed by atoms with Gasteiger partial charge in [0.2, 0.25) is 15.7 Å². The molecule has 0 saturated carbocycles. The lowest BCUT2D eigenvalue weighted by Crippen LogP contribution is -2.14. The SMILES string of the molecule is CCCC(=O)Nc1sc2c(c1S(=O)(=O)c1ccc(C)cc1)CCCC2. The molecule has 0 atom stereocenters. The molecule has 1 N–H and O–H groups in total. The van der Waals surface area contributed by atoms with Gasteiger partial charge in [-0.3, -0.25) is 4.79 Å². The Balaban J connectivity index is 2.11. The van der Waals surface area contributed by atoms with Gasteiger partial charge in [-0.05, 0) is 56.7 Å². The highest BCUT2D eigenvalue weighted by Gasteiger charge is 2.31. The third-order valence-electron chi connectivity index (χ3n) is 4.45. The minimum Gasteiger partial charge on any atom is -0.317 e. The molecule has 0 bridgehead atoms. The van der Waals surface area contributed by atoms with Crippen molar-refractivity contribution in [3.8, 4) is 0 Å². The largest absolute Gasteiger partial charge is 0.317 e. The number of thiophene rings is 1. The van der Waals surface area contributed by atoms with Crippen molar-refractivity contribution in [2.45, 2.75) is 62.2 Å². The average molecular weight is 378 g/mol. The fraction of sp³-hybridized carbons (Fsp3) is 0.421. The van der Waals surface area contributed by atoms with Gasteiger partial charge in [0, 0.05) is 11.3 Å². The van der Waals surface area contributed by atoms with E-state index in [1.54, 1.807) is 24.3 Å².